The van der Waals surface area contributed by atoms with E-state index in [4.69, 9.17) is 18.9 Å². The summed E-state index contributed by atoms with van der Waals surface area (Å²) in [7, 11) is 3.92. The van der Waals surface area contributed by atoms with E-state index in [0.717, 1.165) is 116 Å². The van der Waals surface area contributed by atoms with Gasteiger partial charge in [0.25, 0.3) is 0 Å². The summed E-state index contributed by atoms with van der Waals surface area (Å²) in [5.74, 6) is -1.28. The molecule has 1 N–H and O–H groups in total. The maximum absolute atomic E-state index is 14.0. The predicted octanol–water partition coefficient (Wildman–Crippen LogP) is 18.6. The minimum atomic E-state index is -0.847. The summed E-state index contributed by atoms with van der Waals surface area (Å²) in [6.07, 6.45) is 53.2. The Morgan fingerprint density at radius 2 is 0.875 bits per heavy atom. The molecule has 11 heteroatoms. The zero-order valence-electron chi connectivity index (χ0n) is 54.1. The van der Waals surface area contributed by atoms with Crippen molar-refractivity contribution >= 4 is 23.8 Å². The minimum absolute atomic E-state index is 0.00656. The molecule has 0 radical (unpaired) electrons. The van der Waals surface area contributed by atoms with Crippen LogP contribution in [0.2, 0.25) is 0 Å². The van der Waals surface area contributed by atoms with Gasteiger partial charge in [-0.05, 0) is 84.8 Å². The van der Waals surface area contributed by atoms with Crippen LogP contribution in [0.3, 0.4) is 0 Å². The van der Waals surface area contributed by atoms with Gasteiger partial charge in [0.2, 0.25) is 11.7 Å². The van der Waals surface area contributed by atoms with Gasteiger partial charge >= 0.3 is 17.9 Å². The van der Waals surface area contributed by atoms with E-state index in [1.165, 1.54) is 173 Å². The number of nitrogens with one attached hydrogen (secondary N) is 1. The van der Waals surface area contributed by atoms with Crippen LogP contribution in [0.25, 0.3) is 0 Å². The van der Waals surface area contributed by atoms with Gasteiger partial charge in [0, 0.05) is 51.2 Å². The van der Waals surface area contributed by atoms with E-state index < -0.39 is 11.8 Å². The highest BCUT2D eigenvalue weighted by atomic mass is 16.7. The van der Waals surface area contributed by atoms with Crippen molar-refractivity contribution in [1.82, 2.24) is 15.1 Å². The second-order valence-electron chi connectivity index (χ2n) is 24.9. The normalized spacial score (nSPS) is 14.9. The Morgan fingerprint density at radius 1 is 0.475 bits per heavy atom. The van der Waals surface area contributed by atoms with Crippen LogP contribution < -0.4 is 5.32 Å². The molecule has 1 rings (SSSR count). The molecule has 0 aromatic heterocycles. The summed E-state index contributed by atoms with van der Waals surface area (Å²) in [5.41, 5.74) is 0. The average Bonchev–Trinajstić information content (AvgIpc) is 3.90. The van der Waals surface area contributed by atoms with Gasteiger partial charge in [-0.1, -0.05) is 253 Å². The number of carbonyl (C=O) groups excluding carboxylic acids is 4. The summed E-state index contributed by atoms with van der Waals surface area (Å²) in [4.78, 5) is 57.1. The molecule has 472 valence electrons. The number of likely N-dealkylation sites (tertiary alicyclic amines) is 1. The minimum Gasteiger partial charge on any atom is -0.466 e. The molecule has 0 saturated carbocycles. The van der Waals surface area contributed by atoms with Crippen LogP contribution in [0.5, 0.6) is 0 Å². The highest BCUT2D eigenvalue weighted by molar-refractivity contribution is 5.78. The van der Waals surface area contributed by atoms with Crippen molar-refractivity contribution < 1.29 is 38.1 Å². The van der Waals surface area contributed by atoms with Gasteiger partial charge in [-0.3, -0.25) is 24.1 Å². The molecule has 0 spiro atoms. The number of hydrogen-bond acceptors (Lipinski definition) is 10. The van der Waals surface area contributed by atoms with E-state index in [2.05, 4.69) is 44.8 Å². The van der Waals surface area contributed by atoms with Crippen molar-refractivity contribution in [3.05, 3.63) is 0 Å². The fourth-order valence-corrected chi connectivity index (χ4v) is 11.6. The lowest BCUT2D eigenvalue weighted by Crippen LogP contribution is -2.42. The smallest absolute Gasteiger partial charge is 0.323 e. The molecular formula is C69H133N3O8. The number of hydrogen-bond donors (Lipinski definition) is 1. The first-order valence-corrected chi connectivity index (χ1v) is 34.9. The van der Waals surface area contributed by atoms with Crippen molar-refractivity contribution in [1.29, 1.82) is 0 Å². The highest BCUT2D eigenvalue weighted by Gasteiger charge is 2.39. The van der Waals surface area contributed by atoms with Crippen molar-refractivity contribution in [2.45, 2.75) is 373 Å². The van der Waals surface area contributed by atoms with E-state index in [-0.39, 0.29) is 36.0 Å². The maximum atomic E-state index is 14.0. The SMILES string of the molecule is CCCCCCCCCCCOC(=O)CCCCCN1C[C@@H](NC(=O)CCN(C)C)C[C@H]1C(=O)OCCCCCCCC(=O)OC(CCCCCCCC)(CCCCCCCC)OC(CCCCCCCC)CCCCCCCC. The van der Waals surface area contributed by atoms with Crippen molar-refractivity contribution in [3.63, 3.8) is 0 Å². The van der Waals surface area contributed by atoms with Crippen LogP contribution in [0.1, 0.15) is 349 Å². The van der Waals surface area contributed by atoms with E-state index in [1.807, 2.05) is 19.0 Å². The van der Waals surface area contributed by atoms with Gasteiger partial charge in [-0.2, -0.15) is 0 Å². The number of unbranched alkanes of at least 4 members (excludes halogenated alkanes) is 34. The third-order valence-corrected chi connectivity index (χ3v) is 16.7. The molecule has 1 amide bonds. The Hall–Kier alpha value is -2.24. The maximum Gasteiger partial charge on any atom is 0.323 e. The zero-order valence-corrected chi connectivity index (χ0v) is 54.1. The standard InChI is InChI=1S/C69H133N3O8/c1-8-13-18-23-28-29-30-37-47-58-77-66(74)51-43-39-46-56-72-61-62(70-65(73)53-57-71(6)7)60-64(72)68(76)78-59-48-38-31-34-42-52-67(75)80-69(54-44-35-26-21-16-11-4,55-45-36-27-22-17-12-5)79-63(49-40-32-24-19-14-9-2)50-41-33-25-20-15-10-3/h62-64H,8-61H2,1-7H3,(H,70,73)/t62-,64-/m0/s1. The molecule has 1 saturated heterocycles. The molecule has 11 nitrogen and oxygen atoms in total. The molecule has 1 aliphatic rings. The van der Waals surface area contributed by atoms with Crippen LogP contribution in [0, 0.1) is 0 Å². The van der Waals surface area contributed by atoms with Crippen molar-refractivity contribution in [3.8, 4) is 0 Å². The van der Waals surface area contributed by atoms with Crippen LogP contribution in [-0.4, -0.2) is 105 Å². The van der Waals surface area contributed by atoms with Crippen LogP contribution in [0.15, 0.2) is 0 Å². The van der Waals surface area contributed by atoms with E-state index in [0.29, 0.717) is 58.5 Å². The molecule has 0 aliphatic carbocycles. The van der Waals surface area contributed by atoms with Gasteiger partial charge in [0.05, 0.1) is 19.3 Å². The molecule has 0 unspecified atom stereocenters. The summed E-state index contributed by atoms with van der Waals surface area (Å²) in [6.45, 7) is 14.2. The second kappa shape index (κ2) is 54.7. The van der Waals surface area contributed by atoms with Gasteiger partial charge in [-0.15, -0.1) is 0 Å². The molecule has 1 fully saturated rings. The number of carbonyl (C=O) groups is 4. The van der Waals surface area contributed by atoms with Crippen LogP contribution in [-0.2, 0) is 38.1 Å². The number of nitrogens with zero attached hydrogens (tertiary/aromatic N) is 2. The molecular weight excluding hydrogens is 999 g/mol. The highest BCUT2D eigenvalue weighted by Crippen LogP contribution is 2.34. The molecule has 0 bridgehead atoms. The monoisotopic (exact) mass is 1130 g/mol. The summed E-state index contributed by atoms with van der Waals surface area (Å²) < 4.78 is 25.5. The Morgan fingerprint density at radius 3 is 1.35 bits per heavy atom. The Bertz CT molecular complexity index is 1400. The number of ether oxygens (including phenoxy) is 4. The number of rotatable bonds is 60. The molecule has 80 heavy (non-hydrogen) atoms. The first-order valence-electron chi connectivity index (χ1n) is 34.9. The van der Waals surface area contributed by atoms with Gasteiger partial charge in [-0.25, -0.2) is 0 Å². The molecule has 0 aromatic carbocycles. The fourth-order valence-electron chi connectivity index (χ4n) is 11.6. The predicted molar refractivity (Wildman–Crippen MR) is 336 cm³/mol. The Balaban J connectivity index is 2.82. The fraction of sp³-hybridized carbons (Fsp3) is 0.942. The third-order valence-electron chi connectivity index (χ3n) is 16.7. The quantitative estimate of drug-likeness (QED) is 0.0272. The van der Waals surface area contributed by atoms with E-state index in [9.17, 15) is 19.2 Å². The third kappa shape index (κ3) is 44.3. The van der Waals surface area contributed by atoms with E-state index >= 15 is 0 Å². The number of esters is 3. The lowest BCUT2D eigenvalue weighted by molar-refractivity contribution is -0.259. The van der Waals surface area contributed by atoms with Crippen molar-refractivity contribution in [2.75, 3.05) is 46.9 Å². The first kappa shape index (κ1) is 75.8. The van der Waals surface area contributed by atoms with Gasteiger partial charge in [0.1, 0.15) is 6.04 Å². The van der Waals surface area contributed by atoms with Crippen LogP contribution in [0.4, 0.5) is 0 Å². The number of amides is 1. The zero-order chi connectivity index (χ0) is 58.4. The molecule has 0 aromatic rings. The Kier molecular flexibility index (Phi) is 51.8. The molecule has 1 heterocycles. The van der Waals surface area contributed by atoms with E-state index in [1.54, 1.807) is 0 Å². The lowest BCUT2D eigenvalue weighted by atomic mass is 9.97. The Labute approximate surface area is 495 Å². The molecule has 2 atom stereocenters. The average molecular weight is 1130 g/mol. The lowest BCUT2D eigenvalue weighted by Gasteiger charge is -2.37. The molecule has 1 aliphatic heterocycles. The topological polar surface area (TPSA) is 124 Å². The largest absolute Gasteiger partial charge is 0.466 e. The second-order valence-corrected chi connectivity index (χ2v) is 24.9. The summed E-state index contributed by atoms with van der Waals surface area (Å²) in [6, 6.07) is -0.509. The van der Waals surface area contributed by atoms with Crippen molar-refractivity contribution in [2.24, 2.45) is 0 Å². The van der Waals surface area contributed by atoms with Gasteiger partial charge in [0.15, 0.2) is 0 Å². The summed E-state index contributed by atoms with van der Waals surface area (Å²) in [5, 5.41) is 3.18. The first-order chi connectivity index (χ1) is 39.0. The van der Waals surface area contributed by atoms with Crippen LogP contribution >= 0.6 is 0 Å². The van der Waals surface area contributed by atoms with Gasteiger partial charge < -0.3 is 29.2 Å². The summed E-state index contributed by atoms with van der Waals surface area (Å²) >= 11 is 0.